The highest BCUT2D eigenvalue weighted by atomic mass is 35.5. The Morgan fingerprint density at radius 3 is 2.92 bits per heavy atom. The van der Waals surface area contributed by atoms with E-state index in [0.29, 0.717) is 0 Å². The van der Waals surface area contributed by atoms with Crippen LogP contribution in [0, 0.1) is 0 Å². The quantitative estimate of drug-likeness (QED) is 0.761. The number of carbonyl (C=O) groups is 1. The summed E-state index contributed by atoms with van der Waals surface area (Å²) < 4.78 is 4.71. The largest absolute Gasteiger partial charge is 0.480 e. The zero-order chi connectivity index (χ0) is 9.14. The highest BCUT2D eigenvalue weighted by Gasteiger charge is 2.11. The van der Waals surface area contributed by atoms with E-state index in [1.54, 1.807) is 0 Å². The summed E-state index contributed by atoms with van der Waals surface area (Å²) in [6, 6.07) is 1.29. The van der Waals surface area contributed by atoms with Crippen molar-refractivity contribution >= 4 is 17.6 Å². The molecule has 0 aliphatic heterocycles. The second kappa shape index (κ2) is 3.40. The van der Waals surface area contributed by atoms with Gasteiger partial charge in [0.05, 0.1) is 12.1 Å². The molecule has 4 nitrogen and oxygen atoms in total. The van der Waals surface area contributed by atoms with E-state index in [2.05, 4.69) is 4.98 Å². The summed E-state index contributed by atoms with van der Waals surface area (Å²) in [6.45, 7) is 0. The standard InChI is InChI=1S/C7H6ClNO3/c1-12-6-5(7(10)11)2-4(8)3-9-6/h2-3H,1H3,(H,10,11). The van der Waals surface area contributed by atoms with E-state index in [4.69, 9.17) is 21.4 Å². The van der Waals surface area contributed by atoms with Crippen LogP contribution in [0.15, 0.2) is 12.3 Å². The Balaban J connectivity index is 3.21. The Bertz CT molecular complexity index is 314. The van der Waals surface area contributed by atoms with Crippen LogP contribution in [-0.4, -0.2) is 23.2 Å². The molecule has 1 heterocycles. The van der Waals surface area contributed by atoms with Gasteiger partial charge in [-0.05, 0) is 6.07 Å². The van der Waals surface area contributed by atoms with E-state index < -0.39 is 5.97 Å². The maximum Gasteiger partial charge on any atom is 0.341 e. The van der Waals surface area contributed by atoms with Crippen LogP contribution in [0.3, 0.4) is 0 Å². The molecular formula is C7H6ClNO3. The van der Waals surface area contributed by atoms with Crippen LogP contribution >= 0.6 is 11.6 Å². The fraction of sp³-hybridized carbons (Fsp3) is 0.143. The first-order valence-corrected chi connectivity index (χ1v) is 3.45. The second-order valence-electron chi connectivity index (χ2n) is 2.02. The maximum absolute atomic E-state index is 10.6. The van der Waals surface area contributed by atoms with Crippen LogP contribution in [0.5, 0.6) is 5.88 Å². The molecule has 0 saturated carbocycles. The first-order valence-electron chi connectivity index (χ1n) is 3.08. The number of carboxylic acids is 1. The van der Waals surface area contributed by atoms with Crippen molar-refractivity contribution in [2.75, 3.05) is 7.11 Å². The van der Waals surface area contributed by atoms with Crippen molar-refractivity contribution < 1.29 is 14.6 Å². The predicted octanol–water partition coefficient (Wildman–Crippen LogP) is 1.44. The SMILES string of the molecule is COc1ncc(Cl)cc1C(=O)O. The molecule has 5 heteroatoms. The van der Waals surface area contributed by atoms with E-state index in [0.717, 1.165) is 0 Å². The van der Waals surface area contributed by atoms with Crippen LogP contribution in [-0.2, 0) is 0 Å². The predicted molar refractivity (Wildman–Crippen MR) is 42.8 cm³/mol. The molecule has 0 aliphatic rings. The number of ether oxygens (including phenoxy) is 1. The van der Waals surface area contributed by atoms with Gasteiger partial charge in [0, 0.05) is 6.20 Å². The number of aromatic carboxylic acids is 1. The molecule has 1 aromatic rings. The highest BCUT2D eigenvalue weighted by molar-refractivity contribution is 6.30. The van der Waals surface area contributed by atoms with Gasteiger partial charge in [-0.2, -0.15) is 0 Å². The molecule has 0 bridgehead atoms. The van der Waals surface area contributed by atoms with Crippen molar-refractivity contribution in [1.82, 2.24) is 4.98 Å². The van der Waals surface area contributed by atoms with Crippen molar-refractivity contribution in [3.8, 4) is 5.88 Å². The number of aromatic nitrogens is 1. The minimum absolute atomic E-state index is 0.0370. The minimum Gasteiger partial charge on any atom is -0.480 e. The molecule has 0 radical (unpaired) electrons. The highest BCUT2D eigenvalue weighted by Crippen LogP contribution is 2.18. The Hall–Kier alpha value is -1.29. The van der Waals surface area contributed by atoms with Gasteiger partial charge in [0.25, 0.3) is 0 Å². The maximum atomic E-state index is 10.6. The Morgan fingerprint density at radius 1 is 1.75 bits per heavy atom. The normalized spacial score (nSPS) is 9.50. The van der Waals surface area contributed by atoms with Crippen LogP contribution in [0.2, 0.25) is 5.02 Å². The van der Waals surface area contributed by atoms with Gasteiger partial charge >= 0.3 is 5.97 Å². The van der Waals surface area contributed by atoms with E-state index in [1.165, 1.54) is 19.4 Å². The lowest BCUT2D eigenvalue weighted by molar-refractivity contribution is 0.0692. The van der Waals surface area contributed by atoms with Crippen molar-refractivity contribution in [3.63, 3.8) is 0 Å². The first-order chi connectivity index (χ1) is 5.65. The summed E-state index contributed by atoms with van der Waals surface area (Å²) in [5.74, 6) is -1.05. The fourth-order valence-electron chi connectivity index (χ4n) is 0.743. The molecule has 64 valence electrons. The van der Waals surface area contributed by atoms with Crippen LogP contribution < -0.4 is 4.74 Å². The molecule has 12 heavy (non-hydrogen) atoms. The number of rotatable bonds is 2. The number of halogens is 1. The molecule has 0 saturated heterocycles. The molecule has 1 aromatic heterocycles. The molecular weight excluding hydrogens is 182 g/mol. The van der Waals surface area contributed by atoms with Gasteiger partial charge in [-0.15, -0.1) is 0 Å². The molecule has 0 amide bonds. The summed E-state index contributed by atoms with van der Waals surface area (Å²) in [4.78, 5) is 14.2. The zero-order valence-electron chi connectivity index (χ0n) is 6.24. The van der Waals surface area contributed by atoms with Crippen LogP contribution in [0.4, 0.5) is 0 Å². The third-order valence-corrected chi connectivity index (χ3v) is 1.45. The van der Waals surface area contributed by atoms with Gasteiger partial charge in [0.15, 0.2) is 0 Å². The van der Waals surface area contributed by atoms with Crippen molar-refractivity contribution in [3.05, 3.63) is 22.8 Å². The fourth-order valence-corrected chi connectivity index (χ4v) is 0.901. The molecule has 0 spiro atoms. The molecule has 1 N–H and O–H groups in total. The van der Waals surface area contributed by atoms with Gasteiger partial charge in [-0.3, -0.25) is 0 Å². The topological polar surface area (TPSA) is 59.4 Å². The summed E-state index contributed by atoms with van der Waals surface area (Å²) in [5, 5.41) is 8.91. The summed E-state index contributed by atoms with van der Waals surface area (Å²) in [5.41, 5.74) is -0.0370. The van der Waals surface area contributed by atoms with E-state index in [9.17, 15) is 4.79 Å². The Labute approximate surface area is 73.8 Å². The summed E-state index contributed by atoms with van der Waals surface area (Å²) in [7, 11) is 1.35. The van der Waals surface area contributed by atoms with Gasteiger partial charge < -0.3 is 9.84 Å². The molecule has 0 aromatic carbocycles. The van der Waals surface area contributed by atoms with E-state index in [1.807, 2.05) is 0 Å². The average Bonchev–Trinajstić information content (AvgIpc) is 2.04. The van der Waals surface area contributed by atoms with Crippen LogP contribution in [0.1, 0.15) is 10.4 Å². The van der Waals surface area contributed by atoms with Crippen molar-refractivity contribution in [2.45, 2.75) is 0 Å². The van der Waals surface area contributed by atoms with Crippen molar-refractivity contribution in [2.24, 2.45) is 0 Å². The molecule has 0 atom stereocenters. The minimum atomic E-state index is -1.11. The number of methoxy groups -OCH3 is 1. The smallest absolute Gasteiger partial charge is 0.341 e. The lowest BCUT2D eigenvalue weighted by Gasteiger charge is -2.02. The molecule has 0 unspecified atom stereocenters. The third kappa shape index (κ3) is 1.65. The summed E-state index contributed by atoms with van der Waals surface area (Å²) in [6.07, 6.45) is 1.33. The second-order valence-corrected chi connectivity index (χ2v) is 2.45. The van der Waals surface area contributed by atoms with Gasteiger partial charge in [-0.1, -0.05) is 11.6 Å². The summed E-state index contributed by atoms with van der Waals surface area (Å²) >= 11 is 5.54. The van der Waals surface area contributed by atoms with E-state index in [-0.39, 0.29) is 16.5 Å². The number of carboxylic acid groups (broad SMARTS) is 1. The van der Waals surface area contributed by atoms with Crippen molar-refractivity contribution in [1.29, 1.82) is 0 Å². The Morgan fingerprint density at radius 2 is 2.42 bits per heavy atom. The number of pyridine rings is 1. The zero-order valence-corrected chi connectivity index (χ0v) is 7.00. The number of nitrogens with zero attached hydrogens (tertiary/aromatic N) is 1. The van der Waals surface area contributed by atoms with Gasteiger partial charge in [-0.25, -0.2) is 9.78 Å². The molecule has 0 aliphatic carbocycles. The molecule has 1 rings (SSSR count). The van der Waals surface area contributed by atoms with Gasteiger partial charge in [0.2, 0.25) is 5.88 Å². The monoisotopic (exact) mass is 187 g/mol. The average molecular weight is 188 g/mol. The lowest BCUT2D eigenvalue weighted by Crippen LogP contribution is -2.01. The molecule has 0 fully saturated rings. The van der Waals surface area contributed by atoms with Gasteiger partial charge in [0.1, 0.15) is 5.56 Å². The first kappa shape index (κ1) is 8.80. The number of hydrogen-bond donors (Lipinski definition) is 1. The Kier molecular flexibility index (Phi) is 2.50. The lowest BCUT2D eigenvalue weighted by atomic mass is 10.3. The third-order valence-electron chi connectivity index (χ3n) is 1.24. The number of hydrogen-bond acceptors (Lipinski definition) is 3. The van der Waals surface area contributed by atoms with E-state index >= 15 is 0 Å². The van der Waals surface area contributed by atoms with Crippen LogP contribution in [0.25, 0.3) is 0 Å².